The molecule has 1 fully saturated rings. The van der Waals surface area contributed by atoms with E-state index >= 15 is 0 Å². The Morgan fingerprint density at radius 1 is 1.20 bits per heavy atom. The average molecular weight is 275 g/mol. The second kappa shape index (κ2) is 6.93. The molecule has 108 valence electrons. The largest absolute Gasteiger partial charge is 0.399 e. The summed E-state index contributed by atoms with van der Waals surface area (Å²) in [6.07, 6.45) is 3.10. The molecule has 5 heteroatoms. The molecule has 2 amide bonds. The van der Waals surface area contributed by atoms with E-state index in [1.165, 1.54) is 0 Å². The minimum Gasteiger partial charge on any atom is -0.399 e. The van der Waals surface area contributed by atoms with Gasteiger partial charge >= 0.3 is 0 Å². The highest BCUT2D eigenvalue weighted by molar-refractivity contribution is 5.81. The minimum absolute atomic E-state index is 0.00639. The molecule has 1 aliphatic rings. The highest BCUT2D eigenvalue weighted by atomic mass is 16.2. The molecule has 4 N–H and O–H groups in total. The number of nitrogen functional groups attached to an aromatic ring is 1. The zero-order valence-corrected chi connectivity index (χ0v) is 11.5. The molecule has 0 heterocycles. The van der Waals surface area contributed by atoms with Crippen LogP contribution in [0, 0.1) is 5.92 Å². The van der Waals surface area contributed by atoms with E-state index in [1.54, 1.807) is 0 Å². The molecule has 1 saturated carbocycles. The predicted octanol–water partition coefficient (Wildman–Crippen LogP) is 0.844. The van der Waals surface area contributed by atoms with Gasteiger partial charge in [0.25, 0.3) is 0 Å². The van der Waals surface area contributed by atoms with Gasteiger partial charge < -0.3 is 16.4 Å². The van der Waals surface area contributed by atoms with Crippen molar-refractivity contribution in [1.82, 2.24) is 10.6 Å². The lowest BCUT2D eigenvalue weighted by Gasteiger charge is -2.07. The third-order valence-electron chi connectivity index (χ3n) is 3.29. The normalized spacial score (nSPS) is 13.8. The molecule has 0 aromatic heterocycles. The Hall–Kier alpha value is -2.04. The van der Waals surface area contributed by atoms with Crippen LogP contribution < -0.4 is 16.4 Å². The van der Waals surface area contributed by atoms with Crippen LogP contribution in [0.25, 0.3) is 0 Å². The maximum absolute atomic E-state index is 11.6. The number of benzene rings is 1. The molecule has 0 bridgehead atoms. The summed E-state index contributed by atoms with van der Waals surface area (Å²) in [6, 6.07) is 7.55. The maximum atomic E-state index is 11.6. The number of rotatable bonds is 7. The third kappa shape index (κ3) is 4.91. The summed E-state index contributed by atoms with van der Waals surface area (Å²) in [5, 5.41) is 5.61. The summed E-state index contributed by atoms with van der Waals surface area (Å²) in [4.78, 5) is 23.0. The summed E-state index contributed by atoms with van der Waals surface area (Å²) in [5.74, 6) is 0.321. The highest BCUT2D eigenvalue weighted by Crippen LogP contribution is 2.28. The second-order valence-electron chi connectivity index (χ2n) is 5.16. The molecular weight excluding hydrogens is 254 g/mol. The van der Waals surface area contributed by atoms with Crippen molar-refractivity contribution < 1.29 is 9.59 Å². The highest BCUT2D eigenvalue weighted by Gasteiger charge is 2.28. The van der Waals surface area contributed by atoms with Crippen LogP contribution in [0.4, 0.5) is 5.69 Å². The molecule has 0 saturated heterocycles. The minimum atomic E-state index is -0.00639. The standard InChI is InChI=1S/C15H21N3O2/c16-13-3-1-2-11(10-13)4-7-14(19)17-8-9-18-15(20)12-5-6-12/h1-3,10,12H,4-9,16H2,(H,17,19)(H,18,20). The van der Waals surface area contributed by atoms with Gasteiger partial charge in [-0.25, -0.2) is 0 Å². The number of hydrogen-bond acceptors (Lipinski definition) is 3. The molecule has 0 atom stereocenters. The van der Waals surface area contributed by atoms with Crippen molar-refractivity contribution in [3.8, 4) is 0 Å². The molecule has 1 aromatic carbocycles. The van der Waals surface area contributed by atoms with Crippen molar-refractivity contribution in [3.63, 3.8) is 0 Å². The Morgan fingerprint density at radius 3 is 2.65 bits per heavy atom. The first-order valence-corrected chi connectivity index (χ1v) is 7.04. The summed E-state index contributed by atoms with van der Waals surface area (Å²) < 4.78 is 0. The van der Waals surface area contributed by atoms with E-state index in [4.69, 9.17) is 5.73 Å². The van der Waals surface area contributed by atoms with Gasteiger partial charge in [-0.3, -0.25) is 9.59 Å². The van der Waals surface area contributed by atoms with E-state index in [9.17, 15) is 9.59 Å². The van der Waals surface area contributed by atoms with Gasteiger partial charge in [-0.05, 0) is 37.0 Å². The SMILES string of the molecule is Nc1cccc(CCC(=O)NCCNC(=O)C2CC2)c1. The number of anilines is 1. The van der Waals surface area contributed by atoms with Crippen LogP contribution in [-0.2, 0) is 16.0 Å². The molecule has 0 aliphatic heterocycles. The van der Waals surface area contributed by atoms with Crippen LogP contribution in [0.15, 0.2) is 24.3 Å². The van der Waals surface area contributed by atoms with E-state index in [0.29, 0.717) is 31.6 Å². The number of carbonyl (C=O) groups excluding carboxylic acids is 2. The maximum Gasteiger partial charge on any atom is 0.223 e. The predicted molar refractivity (Wildman–Crippen MR) is 77.9 cm³/mol. The molecule has 20 heavy (non-hydrogen) atoms. The number of nitrogens with two attached hydrogens (primary N) is 1. The number of aryl methyl sites for hydroxylation is 1. The smallest absolute Gasteiger partial charge is 0.223 e. The van der Waals surface area contributed by atoms with Crippen molar-refractivity contribution in [1.29, 1.82) is 0 Å². The number of nitrogens with one attached hydrogen (secondary N) is 2. The van der Waals surface area contributed by atoms with Crippen molar-refractivity contribution >= 4 is 17.5 Å². The summed E-state index contributed by atoms with van der Waals surface area (Å²) >= 11 is 0. The van der Waals surface area contributed by atoms with Crippen LogP contribution >= 0.6 is 0 Å². The van der Waals surface area contributed by atoms with E-state index in [2.05, 4.69) is 10.6 Å². The summed E-state index contributed by atoms with van der Waals surface area (Å²) in [5.41, 5.74) is 7.45. The van der Waals surface area contributed by atoms with Gasteiger partial charge in [-0.2, -0.15) is 0 Å². The Morgan fingerprint density at radius 2 is 1.95 bits per heavy atom. The van der Waals surface area contributed by atoms with Crippen molar-refractivity contribution in [3.05, 3.63) is 29.8 Å². The van der Waals surface area contributed by atoms with Crippen LogP contribution in [0.5, 0.6) is 0 Å². The quantitative estimate of drug-likeness (QED) is 0.509. The fourth-order valence-electron chi connectivity index (χ4n) is 1.97. The molecule has 2 rings (SSSR count). The lowest BCUT2D eigenvalue weighted by Crippen LogP contribution is -2.35. The Labute approximate surface area is 118 Å². The fraction of sp³-hybridized carbons (Fsp3) is 0.467. The van der Waals surface area contributed by atoms with E-state index in [1.807, 2.05) is 24.3 Å². The van der Waals surface area contributed by atoms with Crippen LogP contribution in [0.1, 0.15) is 24.8 Å². The molecule has 1 aromatic rings. The zero-order chi connectivity index (χ0) is 14.4. The zero-order valence-electron chi connectivity index (χ0n) is 11.5. The van der Waals surface area contributed by atoms with Gasteiger partial charge in [0.15, 0.2) is 0 Å². The van der Waals surface area contributed by atoms with Crippen LogP contribution in [0.2, 0.25) is 0 Å². The molecule has 1 aliphatic carbocycles. The lowest BCUT2D eigenvalue weighted by molar-refractivity contribution is -0.123. The van der Waals surface area contributed by atoms with E-state index < -0.39 is 0 Å². The first kappa shape index (κ1) is 14.4. The van der Waals surface area contributed by atoms with Gasteiger partial charge in [0.05, 0.1) is 0 Å². The van der Waals surface area contributed by atoms with Gasteiger partial charge in [0, 0.05) is 31.1 Å². The van der Waals surface area contributed by atoms with Gasteiger partial charge in [0.2, 0.25) is 11.8 Å². The average Bonchev–Trinajstić information content (AvgIpc) is 3.26. The molecule has 0 unspecified atom stereocenters. The Balaban J connectivity index is 1.57. The first-order chi connectivity index (χ1) is 9.65. The topological polar surface area (TPSA) is 84.2 Å². The number of amides is 2. The number of hydrogen-bond donors (Lipinski definition) is 3. The van der Waals surface area contributed by atoms with Crippen LogP contribution in [-0.4, -0.2) is 24.9 Å². The van der Waals surface area contributed by atoms with Gasteiger partial charge in [-0.15, -0.1) is 0 Å². The molecule has 0 radical (unpaired) electrons. The lowest BCUT2D eigenvalue weighted by atomic mass is 10.1. The summed E-state index contributed by atoms with van der Waals surface area (Å²) in [7, 11) is 0. The Kier molecular flexibility index (Phi) is 4.98. The monoisotopic (exact) mass is 275 g/mol. The van der Waals surface area contributed by atoms with Gasteiger partial charge in [0.1, 0.15) is 0 Å². The first-order valence-electron chi connectivity index (χ1n) is 7.04. The third-order valence-corrected chi connectivity index (χ3v) is 3.29. The van der Waals surface area contributed by atoms with Crippen molar-refractivity contribution in [2.45, 2.75) is 25.7 Å². The molecule has 5 nitrogen and oxygen atoms in total. The van der Waals surface area contributed by atoms with E-state index in [-0.39, 0.29) is 17.7 Å². The number of carbonyl (C=O) groups is 2. The summed E-state index contributed by atoms with van der Waals surface area (Å²) in [6.45, 7) is 0.980. The van der Waals surface area contributed by atoms with Crippen molar-refractivity contribution in [2.75, 3.05) is 18.8 Å². The van der Waals surface area contributed by atoms with Gasteiger partial charge in [-0.1, -0.05) is 12.1 Å². The second-order valence-corrected chi connectivity index (χ2v) is 5.16. The Bertz CT molecular complexity index is 484. The van der Waals surface area contributed by atoms with E-state index in [0.717, 1.165) is 18.4 Å². The molecule has 0 spiro atoms. The fourth-order valence-corrected chi connectivity index (χ4v) is 1.97. The van der Waals surface area contributed by atoms with Crippen molar-refractivity contribution in [2.24, 2.45) is 5.92 Å². The molecular formula is C15H21N3O2. The van der Waals surface area contributed by atoms with Crippen LogP contribution in [0.3, 0.4) is 0 Å².